The molecule has 1 aliphatic heterocycles. The summed E-state index contributed by atoms with van der Waals surface area (Å²) >= 11 is 0. The molecule has 0 unspecified atom stereocenters. The largest absolute Gasteiger partial charge is 0.454 e. The number of benzene rings is 2. The Labute approximate surface area is 133 Å². The van der Waals surface area contributed by atoms with Crippen LogP contribution in [0.2, 0.25) is 0 Å². The van der Waals surface area contributed by atoms with E-state index in [1.54, 1.807) is 18.2 Å². The Kier molecular flexibility index (Phi) is 3.46. The second-order valence-electron chi connectivity index (χ2n) is 5.58. The quantitative estimate of drug-likeness (QED) is 0.868. The van der Waals surface area contributed by atoms with Crippen LogP contribution >= 0.6 is 0 Å². The number of ether oxygens (including phenoxy) is 2. The van der Waals surface area contributed by atoms with Crippen molar-refractivity contribution in [2.75, 3.05) is 6.79 Å². The van der Waals surface area contributed by atoms with Gasteiger partial charge in [0.2, 0.25) is 6.79 Å². The van der Waals surface area contributed by atoms with Gasteiger partial charge in [0.1, 0.15) is 0 Å². The molecule has 0 radical (unpaired) electrons. The summed E-state index contributed by atoms with van der Waals surface area (Å²) in [6.07, 6.45) is 2.99. The van der Waals surface area contributed by atoms with Crippen LogP contribution in [-0.2, 0) is 6.42 Å². The molecule has 0 fully saturated rings. The lowest BCUT2D eigenvalue weighted by molar-refractivity contribution is 0.0954. The number of rotatable bonds is 2. The normalized spacial score (nSPS) is 17.0. The maximum Gasteiger partial charge on any atom is 0.271 e. The molecule has 1 aliphatic carbocycles. The number of carbonyl (C=O) groups excluding carboxylic acids is 1. The Hall–Kier alpha value is -2.82. The highest BCUT2D eigenvalue weighted by Crippen LogP contribution is 2.32. The van der Waals surface area contributed by atoms with Crippen molar-refractivity contribution >= 4 is 11.6 Å². The first-order valence-corrected chi connectivity index (χ1v) is 7.66. The van der Waals surface area contributed by atoms with Crippen LogP contribution in [0.3, 0.4) is 0 Å². The van der Waals surface area contributed by atoms with Crippen LogP contribution in [0.1, 0.15) is 34.3 Å². The summed E-state index contributed by atoms with van der Waals surface area (Å²) in [4.78, 5) is 12.3. The van der Waals surface area contributed by atoms with Crippen molar-refractivity contribution in [3.63, 3.8) is 0 Å². The van der Waals surface area contributed by atoms with Crippen molar-refractivity contribution in [3.05, 3.63) is 59.2 Å². The molecule has 0 aromatic heterocycles. The van der Waals surface area contributed by atoms with Gasteiger partial charge in [0.15, 0.2) is 11.5 Å². The number of aryl methyl sites for hydroxylation is 1. The minimum absolute atomic E-state index is 0.194. The van der Waals surface area contributed by atoms with Crippen molar-refractivity contribution in [3.8, 4) is 11.5 Å². The van der Waals surface area contributed by atoms with Gasteiger partial charge < -0.3 is 9.47 Å². The van der Waals surface area contributed by atoms with Gasteiger partial charge in [0, 0.05) is 11.1 Å². The van der Waals surface area contributed by atoms with Crippen LogP contribution in [0.4, 0.5) is 0 Å². The van der Waals surface area contributed by atoms with Crippen molar-refractivity contribution < 1.29 is 14.3 Å². The molecule has 5 heteroatoms. The number of nitrogens with one attached hydrogen (secondary N) is 1. The second-order valence-corrected chi connectivity index (χ2v) is 5.58. The number of hydrazone groups is 1. The predicted octanol–water partition coefficient (Wildman–Crippen LogP) is 2.89. The Morgan fingerprint density at radius 2 is 1.91 bits per heavy atom. The van der Waals surface area contributed by atoms with Crippen LogP contribution in [0.5, 0.6) is 11.5 Å². The van der Waals surface area contributed by atoms with Gasteiger partial charge in [-0.3, -0.25) is 4.79 Å². The zero-order valence-corrected chi connectivity index (χ0v) is 12.5. The predicted molar refractivity (Wildman–Crippen MR) is 85.9 cm³/mol. The smallest absolute Gasteiger partial charge is 0.271 e. The van der Waals surface area contributed by atoms with Crippen LogP contribution in [0.25, 0.3) is 0 Å². The number of hydrogen-bond acceptors (Lipinski definition) is 4. The van der Waals surface area contributed by atoms with Gasteiger partial charge in [-0.2, -0.15) is 5.10 Å². The molecule has 2 aromatic carbocycles. The fraction of sp³-hybridized carbons (Fsp3) is 0.222. The average Bonchev–Trinajstić information content (AvgIpc) is 3.07. The third-order valence-corrected chi connectivity index (χ3v) is 4.12. The second kappa shape index (κ2) is 5.76. The molecule has 5 nitrogen and oxygen atoms in total. The van der Waals surface area contributed by atoms with Gasteiger partial charge in [-0.25, -0.2) is 5.43 Å². The highest BCUT2D eigenvalue weighted by molar-refractivity contribution is 6.04. The third kappa shape index (κ3) is 2.65. The maximum absolute atomic E-state index is 12.3. The molecule has 1 amide bonds. The zero-order valence-electron chi connectivity index (χ0n) is 12.5. The highest BCUT2D eigenvalue weighted by Gasteiger charge is 2.17. The molecule has 0 saturated heterocycles. The molecule has 2 aliphatic rings. The van der Waals surface area contributed by atoms with E-state index >= 15 is 0 Å². The van der Waals surface area contributed by atoms with Gasteiger partial charge >= 0.3 is 0 Å². The molecule has 0 atom stereocenters. The number of amides is 1. The van der Waals surface area contributed by atoms with Crippen LogP contribution in [-0.4, -0.2) is 18.4 Å². The average molecular weight is 308 g/mol. The Morgan fingerprint density at radius 1 is 1.04 bits per heavy atom. The van der Waals surface area contributed by atoms with E-state index in [1.807, 2.05) is 12.1 Å². The van der Waals surface area contributed by atoms with Crippen molar-refractivity contribution in [2.45, 2.75) is 19.3 Å². The van der Waals surface area contributed by atoms with E-state index in [2.05, 4.69) is 22.7 Å². The Morgan fingerprint density at radius 3 is 2.87 bits per heavy atom. The zero-order chi connectivity index (χ0) is 15.6. The monoisotopic (exact) mass is 308 g/mol. The summed E-state index contributed by atoms with van der Waals surface area (Å²) < 4.78 is 10.5. The van der Waals surface area contributed by atoms with E-state index in [0.717, 1.165) is 30.5 Å². The molecule has 0 saturated carbocycles. The van der Waals surface area contributed by atoms with Gasteiger partial charge in [0.25, 0.3) is 5.91 Å². The first-order chi connectivity index (χ1) is 11.3. The summed E-state index contributed by atoms with van der Waals surface area (Å²) in [5.74, 6) is 1.00. The van der Waals surface area contributed by atoms with E-state index in [0.29, 0.717) is 17.1 Å². The van der Waals surface area contributed by atoms with Gasteiger partial charge in [0.05, 0.1) is 5.71 Å². The number of carbonyl (C=O) groups is 1. The van der Waals surface area contributed by atoms with E-state index in [9.17, 15) is 4.79 Å². The topological polar surface area (TPSA) is 59.9 Å². The first-order valence-electron chi connectivity index (χ1n) is 7.66. The molecule has 0 spiro atoms. The van der Waals surface area contributed by atoms with Crippen LogP contribution in [0.15, 0.2) is 47.6 Å². The summed E-state index contributed by atoms with van der Waals surface area (Å²) in [6, 6.07) is 13.3. The van der Waals surface area contributed by atoms with E-state index in [4.69, 9.17) is 9.47 Å². The van der Waals surface area contributed by atoms with E-state index in [-0.39, 0.29) is 12.7 Å². The molecule has 4 rings (SSSR count). The van der Waals surface area contributed by atoms with E-state index in [1.165, 1.54) is 5.56 Å². The summed E-state index contributed by atoms with van der Waals surface area (Å²) in [5, 5.41) is 4.34. The number of hydrogen-bond donors (Lipinski definition) is 1. The maximum atomic E-state index is 12.3. The molecule has 2 aromatic rings. The summed E-state index contributed by atoms with van der Waals surface area (Å²) in [5.41, 5.74) is 6.50. The summed E-state index contributed by atoms with van der Waals surface area (Å²) in [6.45, 7) is 0.194. The fourth-order valence-corrected chi connectivity index (χ4v) is 2.94. The lowest BCUT2D eigenvalue weighted by atomic mass is 9.90. The Bertz CT molecular complexity index is 799. The molecule has 1 heterocycles. The standard InChI is InChI=1S/C18H16N2O3/c21-18(13-8-9-16-17(10-13)23-11-22-16)20-19-15-7-3-5-12-4-1-2-6-14(12)15/h1-2,4,6,8-10H,3,5,7,11H2,(H,20,21)/b19-15+. The fourth-order valence-electron chi connectivity index (χ4n) is 2.94. The molecule has 0 bridgehead atoms. The molecule has 23 heavy (non-hydrogen) atoms. The number of fused-ring (bicyclic) bond motifs is 2. The molecular weight excluding hydrogens is 292 g/mol. The van der Waals surface area contributed by atoms with Gasteiger partial charge in [-0.1, -0.05) is 24.3 Å². The van der Waals surface area contributed by atoms with Crippen LogP contribution in [0, 0.1) is 0 Å². The third-order valence-electron chi connectivity index (χ3n) is 4.12. The molecular formula is C18H16N2O3. The van der Waals surface area contributed by atoms with Crippen LogP contribution < -0.4 is 14.9 Å². The lowest BCUT2D eigenvalue weighted by Gasteiger charge is -2.17. The van der Waals surface area contributed by atoms with Gasteiger partial charge in [-0.05, 0) is 43.0 Å². The Balaban J connectivity index is 1.54. The minimum Gasteiger partial charge on any atom is -0.454 e. The van der Waals surface area contributed by atoms with E-state index < -0.39 is 0 Å². The highest BCUT2D eigenvalue weighted by atomic mass is 16.7. The lowest BCUT2D eigenvalue weighted by Crippen LogP contribution is -2.22. The SMILES string of the molecule is O=C(N/N=C1\CCCc2ccccc21)c1ccc2c(c1)OCO2. The number of nitrogens with zero attached hydrogens (tertiary/aromatic N) is 1. The minimum atomic E-state index is -0.251. The van der Waals surface area contributed by atoms with Crippen molar-refractivity contribution in [1.82, 2.24) is 5.43 Å². The van der Waals surface area contributed by atoms with Crippen molar-refractivity contribution in [1.29, 1.82) is 0 Å². The molecule has 1 N–H and O–H groups in total. The van der Waals surface area contributed by atoms with Gasteiger partial charge in [-0.15, -0.1) is 0 Å². The summed E-state index contributed by atoms with van der Waals surface area (Å²) in [7, 11) is 0. The van der Waals surface area contributed by atoms with Crippen molar-refractivity contribution in [2.24, 2.45) is 5.10 Å². The molecule has 116 valence electrons. The first kappa shape index (κ1) is 13.8.